The van der Waals surface area contributed by atoms with Crippen molar-refractivity contribution in [2.45, 2.75) is 13.3 Å². The van der Waals surface area contributed by atoms with Crippen LogP contribution >= 0.6 is 0 Å². The fourth-order valence-corrected chi connectivity index (χ4v) is 0.947. The van der Waals surface area contributed by atoms with Gasteiger partial charge in [-0.3, -0.25) is 0 Å². The van der Waals surface area contributed by atoms with Gasteiger partial charge in [0.25, 0.3) is 0 Å². The number of rotatable bonds is 3. The van der Waals surface area contributed by atoms with Crippen LogP contribution in [0.3, 0.4) is 0 Å². The second-order valence-corrected chi connectivity index (χ2v) is 2.72. The topological polar surface area (TPSA) is 33.0 Å². The van der Waals surface area contributed by atoms with Crippen molar-refractivity contribution in [1.29, 1.82) is 5.26 Å². The molecule has 2 nitrogen and oxygen atoms in total. The number of nitrogens with zero attached hydrogens (tertiary/aromatic N) is 1. The summed E-state index contributed by atoms with van der Waals surface area (Å²) in [6, 6.07) is 3.47. The number of halogens is 2. The normalized spacial score (nSPS) is 9.57. The molecule has 0 aromatic heterocycles. The van der Waals surface area contributed by atoms with Crippen LogP contribution in [0, 0.1) is 23.0 Å². The van der Waals surface area contributed by atoms with Crippen molar-refractivity contribution in [2.24, 2.45) is 0 Å². The van der Waals surface area contributed by atoms with E-state index in [1.54, 1.807) is 6.07 Å². The molecule has 1 aromatic carbocycles. The van der Waals surface area contributed by atoms with Crippen LogP contribution in [0.5, 0.6) is 5.75 Å². The summed E-state index contributed by atoms with van der Waals surface area (Å²) in [5, 5.41) is 8.61. The molecule has 0 saturated heterocycles. The predicted molar refractivity (Wildman–Crippen MR) is 46.9 cm³/mol. The zero-order chi connectivity index (χ0) is 10.6. The Kier molecular flexibility index (Phi) is 3.41. The fraction of sp³-hybridized carbons (Fsp3) is 0.300. The summed E-state index contributed by atoms with van der Waals surface area (Å²) in [4.78, 5) is 0. The Morgan fingerprint density at radius 3 is 2.57 bits per heavy atom. The quantitative estimate of drug-likeness (QED) is 0.746. The average molecular weight is 197 g/mol. The Balaban J connectivity index is 3.02. The first kappa shape index (κ1) is 10.5. The molecule has 0 bridgehead atoms. The summed E-state index contributed by atoms with van der Waals surface area (Å²) in [6.45, 7) is 2.26. The predicted octanol–water partition coefficient (Wildman–Crippen LogP) is 2.63. The summed E-state index contributed by atoms with van der Waals surface area (Å²) in [5.41, 5.74) is 0.0114. The molecule has 0 fully saturated rings. The van der Waals surface area contributed by atoms with Crippen LogP contribution in [-0.4, -0.2) is 6.61 Å². The van der Waals surface area contributed by atoms with Crippen LogP contribution < -0.4 is 4.74 Å². The lowest BCUT2D eigenvalue weighted by atomic mass is 10.2. The van der Waals surface area contributed by atoms with Gasteiger partial charge in [0.05, 0.1) is 12.2 Å². The van der Waals surface area contributed by atoms with Crippen LogP contribution in [0.2, 0.25) is 0 Å². The van der Waals surface area contributed by atoms with Crippen LogP contribution in [0.25, 0.3) is 0 Å². The van der Waals surface area contributed by atoms with E-state index in [1.165, 1.54) is 0 Å². The number of ether oxygens (including phenoxy) is 1. The van der Waals surface area contributed by atoms with Crippen molar-refractivity contribution in [2.75, 3.05) is 6.61 Å². The molecule has 0 aliphatic heterocycles. The Bertz CT molecular complexity index is 371. The van der Waals surface area contributed by atoms with Crippen molar-refractivity contribution >= 4 is 0 Å². The van der Waals surface area contributed by atoms with E-state index in [0.29, 0.717) is 6.61 Å². The molecule has 4 heteroatoms. The third-order valence-corrected chi connectivity index (χ3v) is 1.60. The standard InChI is InChI=1S/C10H9F2NO/c1-2-3-14-10-5-9(12)8(11)4-7(10)6-13/h4-5H,2-3H2,1H3. The molecule has 0 saturated carbocycles. The van der Waals surface area contributed by atoms with Gasteiger partial charge in [-0.2, -0.15) is 5.26 Å². The summed E-state index contributed by atoms with van der Waals surface area (Å²) in [6.07, 6.45) is 0.740. The van der Waals surface area contributed by atoms with Crippen LogP contribution in [0.1, 0.15) is 18.9 Å². The summed E-state index contributed by atoms with van der Waals surface area (Å²) in [7, 11) is 0. The highest BCUT2D eigenvalue weighted by atomic mass is 19.2. The molecular weight excluding hydrogens is 188 g/mol. The van der Waals surface area contributed by atoms with E-state index in [2.05, 4.69) is 0 Å². The first-order valence-electron chi connectivity index (χ1n) is 4.21. The molecule has 1 aromatic rings. The largest absolute Gasteiger partial charge is 0.492 e. The van der Waals surface area contributed by atoms with Gasteiger partial charge in [-0.15, -0.1) is 0 Å². The van der Waals surface area contributed by atoms with Gasteiger partial charge < -0.3 is 4.74 Å². The highest BCUT2D eigenvalue weighted by Gasteiger charge is 2.10. The number of benzene rings is 1. The Labute approximate surface area is 80.7 Å². The lowest BCUT2D eigenvalue weighted by Crippen LogP contribution is -1.99. The molecule has 14 heavy (non-hydrogen) atoms. The Morgan fingerprint density at radius 2 is 2.00 bits per heavy atom. The number of hydrogen-bond acceptors (Lipinski definition) is 2. The highest BCUT2D eigenvalue weighted by Crippen LogP contribution is 2.21. The molecule has 0 aliphatic rings. The summed E-state index contributed by atoms with van der Waals surface area (Å²) in [5.74, 6) is -1.95. The number of nitriles is 1. The van der Waals surface area contributed by atoms with Gasteiger partial charge in [-0.1, -0.05) is 6.92 Å². The van der Waals surface area contributed by atoms with Gasteiger partial charge in [0.1, 0.15) is 11.8 Å². The minimum atomic E-state index is -1.04. The minimum Gasteiger partial charge on any atom is -0.492 e. The van der Waals surface area contributed by atoms with E-state index >= 15 is 0 Å². The first-order valence-corrected chi connectivity index (χ1v) is 4.21. The van der Waals surface area contributed by atoms with Crippen molar-refractivity contribution in [3.05, 3.63) is 29.3 Å². The molecule has 0 atom stereocenters. The lowest BCUT2D eigenvalue weighted by molar-refractivity contribution is 0.313. The van der Waals surface area contributed by atoms with Crippen molar-refractivity contribution < 1.29 is 13.5 Å². The van der Waals surface area contributed by atoms with E-state index < -0.39 is 11.6 Å². The van der Waals surface area contributed by atoms with E-state index in [1.807, 2.05) is 6.92 Å². The zero-order valence-electron chi connectivity index (χ0n) is 7.68. The monoisotopic (exact) mass is 197 g/mol. The molecule has 0 N–H and O–H groups in total. The van der Waals surface area contributed by atoms with Gasteiger partial charge >= 0.3 is 0 Å². The van der Waals surface area contributed by atoms with Crippen molar-refractivity contribution in [1.82, 2.24) is 0 Å². The van der Waals surface area contributed by atoms with Gasteiger partial charge in [0, 0.05) is 6.07 Å². The van der Waals surface area contributed by atoms with Crippen LogP contribution in [0.15, 0.2) is 12.1 Å². The van der Waals surface area contributed by atoms with Crippen LogP contribution in [-0.2, 0) is 0 Å². The third kappa shape index (κ3) is 2.19. The molecular formula is C10H9F2NO. The molecule has 1 rings (SSSR count). The minimum absolute atomic E-state index is 0.0114. The van der Waals surface area contributed by atoms with E-state index in [9.17, 15) is 8.78 Å². The zero-order valence-corrected chi connectivity index (χ0v) is 7.68. The molecule has 0 heterocycles. The van der Waals surface area contributed by atoms with Gasteiger partial charge in [0.15, 0.2) is 11.6 Å². The van der Waals surface area contributed by atoms with Crippen LogP contribution in [0.4, 0.5) is 8.78 Å². The molecule has 74 valence electrons. The second kappa shape index (κ2) is 4.56. The first-order chi connectivity index (χ1) is 6.69. The average Bonchev–Trinajstić information content (AvgIpc) is 2.19. The molecule has 0 aliphatic carbocycles. The van der Waals surface area contributed by atoms with Gasteiger partial charge in [-0.05, 0) is 12.5 Å². The molecule has 0 amide bonds. The SMILES string of the molecule is CCCOc1cc(F)c(F)cc1C#N. The maximum Gasteiger partial charge on any atom is 0.162 e. The summed E-state index contributed by atoms with van der Waals surface area (Å²) >= 11 is 0. The van der Waals surface area contributed by atoms with Crippen molar-refractivity contribution in [3.8, 4) is 11.8 Å². The smallest absolute Gasteiger partial charge is 0.162 e. The second-order valence-electron chi connectivity index (χ2n) is 2.72. The van der Waals surface area contributed by atoms with Crippen molar-refractivity contribution in [3.63, 3.8) is 0 Å². The Hall–Kier alpha value is -1.63. The van der Waals surface area contributed by atoms with Gasteiger partial charge in [0.2, 0.25) is 0 Å². The highest BCUT2D eigenvalue weighted by molar-refractivity contribution is 5.43. The molecule has 0 radical (unpaired) electrons. The van der Waals surface area contributed by atoms with E-state index in [0.717, 1.165) is 18.6 Å². The molecule has 0 unspecified atom stereocenters. The fourth-order valence-electron chi connectivity index (χ4n) is 0.947. The summed E-state index contributed by atoms with van der Waals surface area (Å²) < 4.78 is 30.5. The van der Waals surface area contributed by atoms with E-state index in [-0.39, 0.29) is 11.3 Å². The maximum absolute atomic E-state index is 12.8. The van der Waals surface area contributed by atoms with Gasteiger partial charge in [-0.25, -0.2) is 8.78 Å². The van der Waals surface area contributed by atoms with E-state index in [4.69, 9.17) is 10.00 Å². The Morgan fingerprint density at radius 1 is 1.36 bits per heavy atom. The third-order valence-electron chi connectivity index (χ3n) is 1.60. The number of hydrogen-bond donors (Lipinski definition) is 0. The molecule has 0 spiro atoms. The lowest BCUT2D eigenvalue weighted by Gasteiger charge is -2.06. The maximum atomic E-state index is 12.8.